The monoisotopic (exact) mass is 328 g/mol. The van der Waals surface area contributed by atoms with Gasteiger partial charge in [-0.15, -0.1) is 0 Å². The average molecular weight is 328 g/mol. The lowest BCUT2D eigenvalue weighted by atomic mass is 10.0. The van der Waals surface area contributed by atoms with Crippen LogP contribution in [0, 0.1) is 0 Å². The van der Waals surface area contributed by atoms with Crippen molar-refractivity contribution in [2.24, 2.45) is 0 Å². The van der Waals surface area contributed by atoms with Gasteiger partial charge in [0.1, 0.15) is 5.65 Å². The molecule has 0 unspecified atom stereocenters. The van der Waals surface area contributed by atoms with Crippen LogP contribution >= 0.6 is 0 Å². The minimum atomic E-state index is -0.208. The number of hydrogen-bond acceptors (Lipinski definition) is 3. The first kappa shape index (κ1) is 16.5. The quantitative estimate of drug-likeness (QED) is 0.881. The van der Waals surface area contributed by atoms with Gasteiger partial charge in [-0.05, 0) is 52.2 Å². The summed E-state index contributed by atoms with van der Waals surface area (Å²) in [5.41, 5.74) is 0.979. The van der Waals surface area contributed by atoms with Crippen molar-refractivity contribution in [1.29, 1.82) is 0 Å². The first-order valence-corrected chi connectivity index (χ1v) is 8.56. The second-order valence-electron chi connectivity index (χ2n) is 6.75. The summed E-state index contributed by atoms with van der Waals surface area (Å²) in [6, 6.07) is 2.21. The first-order chi connectivity index (χ1) is 11.5. The van der Waals surface area contributed by atoms with Crippen LogP contribution in [0.25, 0.3) is 17.1 Å². The zero-order chi connectivity index (χ0) is 17.3. The number of rotatable bonds is 3. The fourth-order valence-electron chi connectivity index (χ4n) is 3.22. The number of hydrogen-bond donors (Lipinski definition) is 1. The molecule has 1 amide bonds. The van der Waals surface area contributed by atoms with Crippen molar-refractivity contribution >= 4 is 23.0 Å². The molecule has 3 rings (SSSR count). The molecule has 6 nitrogen and oxygen atoms in total. The molecular weight excluding hydrogens is 304 g/mol. The maximum absolute atomic E-state index is 12.4. The van der Waals surface area contributed by atoms with Gasteiger partial charge in [-0.3, -0.25) is 9.59 Å². The molecule has 0 bridgehead atoms. The van der Waals surface area contributed by atoms with E-state index in [2.05, 4.69) is 17.0 Å². The van der Waals surface area contributed by atoms with E-state index < -0.39 is 0 Å². The van der Waals surface area contributed by atoms with Crippen LogP contribution in [0.3, 0.4) is 0 Å². The van der Waals surface area contributed by atoms with Crippen LogP contribution in [0.4, 0.5) is 0 Å². The van der Waals surface area contributed by atoms with Gasteiger partial charge in [0, 0.05) is 35.7 Å². The van der Waals surface area contributed by atoms with Crippen molar-refractivity contribution in [1.82, 2.24) is 19.7 Å². The molecule has 1 aliphatic rings. The maximum atomic E-state index is 12.4. The van der Waals surface area contributed by atoms with E-state index in [1.165, 1.54) is 12.5 Å². The highest BCUT2D eigenvalue weighted by molar-refractivity contribution is 5.92. The number of pyridine rings is 1. The Bertz CT molecular complexity index is 831. The lowest BCUT2D eigenvalue weighted by molar-refractivity contribution is -0.129. The summed E-state index contributed by atoms with van der Waals surface area (Å²) >= 11 is 0. The van der Waals surface area contributed by atoms with E-state index in [-0.39, 0.29) is 23.6 Å². The van der Waals surface area contributed by atoms with Crippen molar-refractivity contribution in [3.05, 3.63) is 34.3 Å². The van der Waals surface area contributed by atoms with Crippen molar-refractivity contribution in [2.45, 2.75) is 52.1 Å². The van der Waals surface area contributed by atoms with Crippen LogP contribution in [0.2, 0.25) is 0 Å². The van der Waals surface area contributed by atoms with Gasteiger partial charge in [-0.2, -0.15) is 5.10 Å². The summed E-state index contributed by atoms with van der Waals surface area (Å²) in [5, 5.41) is 5.17. The van der Waals surface area contributed by atoms with Crippen LogP contribution in [-0.2, 0) is 4.79 Å². The van der Waals surface area contributed by atoms with Crippen molar-refractivity contribution in [2.75, 3.05) is 6.54 Å². The van der Waals surface area contributed by atoms with Crippen molar-refractivity contribution in [3.63, 3.8) is 0 Å². The summed E-state index contributed by atoms with van der Waals surface area (Å²) in [6.07, 6.45) is 8.10. The number of piperidine rings is 1. The van der Waals surface area contributed by atoms with E-state index in [0.29, 0.717) is 11.2 Å². The minimum absolute atomic E-state index is 0.0282. The zero-order valence-electron chi connectivity index (χ0n) is 14.5. The molecule has 2 aromatic heterocycles. The topological polar surface area (TPSA) is 71.0 Å². The normalized spacial score (nSPS) is 18.8. The van der Waals surface area contributed by atoms with E-state index in [4.69, 9.17) is 0 Å². The lowest BCUT2D eigenvalue weighted by Gasteiger charge is -2.32. The number of carbonyl (C=O) groups is 1. The molecule has 0 aromatic carbocycles. The van der Waals surface area contributed by atoms with Gasteiger partial charge in [-0.25, -0.2) is 4.68 Å². The summed E-state index contributed by atoms with van der Waals surface area (Å²) in [6.45, 7) is 6.89. The van der Waals surface area contributed by atoms with Gasteiger partial charge in [-0.1, -0.05) is 0 Å². The van der Waals surface area contributed by atoms with E-state index in [0.717, 1.165) is 24.8 Å². The fraction of sp³-hybridized carbons (Fsp3) is 0.500. The fourth-order valence-corrected chi connectivity index (χ4v) is 3.22. The maximum Gasteiger partial charge on any atom is 0.256 e. The second-order valence-corrected chi connectivity index (χ2v) is 6.75. The number of likely N-dealkylation sites (tertiary alicyclic amines) is 1. The standard InChI is InChI=1S/C18H24N4O2/c1-12(2)22-17-15(11-19-22)10-14(18(24)20-17)7-8-16(23)21-9-5-4-6-13(21)3/h7-8,10-13H,4-6,9H2,1-3H3,(H,20,24)/b8-7-/t13-/m1/s1. The Morgan fingerprint density at radius 3 is 2.92 bits per heavy atom. The van der Waals surface area contributed by atoms with Crippen molar-refractivity contribution in [3.8, 4) is 0 Å². The highest BCUT2D eigenvalue weighted by atomic mass is 16.2. The number of amides is 1. The molecule has 3 heterocycles. The Morgan fingerprint density at radius 1 is 1.42 bits per heavy atom. The largest absolute Gasteiger partial charge is 0.336 e. The lowest BCUT2D eigenvalue weighted by Crippen LogP contribution is -2.41. The molecule has 6 heteroatoms. The van der Waals surface area contributed by atoms with E-state index >= 15 is 0 Å². The zero-order valence-corrected chi connectivity index (χ0v) is 14.5. The molecule has 1 aliphatic heterocycles. The van der Waals surface area contributed by atoms with Crippen molar-refractivity contribution < 1.29 is 4.79 Å². The Hall–Kier alpha value is -2.37. The van der Waals surface area contributed by atoms with Crippen LogP contribution in [-0.4, -0.2) is 38.2 Å². The van der Waals surface area contributed by atoms with Gasteiger partial charge in [0.05, 0.1) is 6.20 Å². The predicted octanol–water partition coefficient (Wildman–Crippen LogP) is 2.72. The predicted molar refractivity (Wildman–Crippen MR) is 94.8 cm³/mol. The third-order valence-corrected chi connectivity index (χ3v) is 4.61. The number of nitrogens with zero attached hydrogens (tertiary/aromatic N) is 3. The second kappa shape index (κ2) is 6.63. The molecular formula is C18H24N4O2. The molecule has 0 aliphatic carbocycles. The molecule has 24 heavy (non-hydrogen) atoms. The molecule has 0 radical (unpaired) electrons. The minimum Gasteiger partial charge on any atom is -0.336 e. The highest BCUT2D eigenvalue weighted by Gasteiger charge is 2.21. The molecule has 128 valence electrons. The summed E-state index contributed by atoms with van der Waals surface area (Å²) in [7, 11) is 0. The number of fused-ring (bicyclic) bond motifs is 1. The smallest absolute Gasteiger partial charge is 0.256 e. The van der Waals surface area contributed by atoms with E-state index in [1.54, 1.807) is 23.0 Å². The van der Waals surface area contributed by atoms with E-state index in [1.807, 2.05) is 18.7 Å². The first-order valence-electron chi connectivity index (χ1n) is 8.56. The molecule has 1 saturated heterocycles. The SMILES string of the molecule is CC(C)n1ncc2cc(/C=C\C(=O)N3CCCC[C@H]3C)c(=O)[nH]c21. The average Bonchev–Trinajstić information content (AvgIpc) is 2.95. The van der Waals surface area contributed by atoms with Gasteiger partial charge >= 0.3 is 0 Å². The highest BCUT2D eigenvalue weighted by Crippen LogP contribution is 2.18. The number of H-pyrrole nitrogens is 1. The van der Waals surface area contributed by atoms with Gasteiger partial charge < -0.3 is 9.88 Å². The van der Waals surface area contributed by atoms with Crippen LogP contribution in [0.5, 0.6) is 0 Å². The van der Waals surface area contributed by atoms with Crippen LogP contribution in [0.1, 0.15) is 51.6 Å². The summed E-state index contributed by atoms with van der Waals surface area (Å²) < 4.78 is 1.78. The molecule has 1 N–H and O–H groups in total. The third kappa shape index (κ3) is 3.13. The number of aromatic nitrogens is 3. The number of carbonyl (C=O) groups excluding carboxylic acids is 1. The Labute approximate surface area is 141 Å². The summed E-state index contributed by atoms with van der Waals surface area (Å²) in [5.74, 6) is -0.0282. The van der Waals surface area contributed by atoms with E-state index in [9.17, 15) is 9.59 Å². The number of nitrogens with one attached hydrogen (secondary N) is 1. The number of aromatic amines is 1. The molecule has 0 saturated carbocycles. The van der Waals surface area contributed by atoms with Gasteiger partial charge in [0.25, 0.3) is 5.56 Å². The Kier molecular flexibility index (Phi) is 4.55. The Balaban J connectivity index is 1.86. The summed E-state index contributed by atoms with van der Waals surface area (Å²) in [4.78, 5) is 29.4. The van der Waals surface area contributed by atoms with Crippen LogP contribution < -0.4 is 5.56 Å². The van der Waals surface area contributed by atoms with Gasteiger partial charge in [0.2, 0.25) is 5.91 Å². The molecule has 2 aromatic rings. The third-order valence-electron chi connectivity index (χ3n) is 4.61. The molecule has 1 atom stereocenters. The molecule has 1 fully saturated rings. The van der Waals surface area contributed by atoms with Gasteiger partial charge in [0.15, 0.2) is 0 Å². The Morgan fingerprint density at radius 2 is 2.21 bits per heavy atom. The van der Waals surface area contributed by atoms with Crippen LogP contribution in [0.15, 0.2) is 23.1 Å². The molecule has 0 spiro atoms.